The summed E-state index contributed by atoms with van der Waals surface area (Å²) in [5.41, 5.74) is 6.94. The van der Waals surface area contributed by atoms with E-state index in [0.29, 0.717) is 17.1 Å². The lowest BCUT2D eigenvalue weighted by Gasteiger charge is -2.19. The molecule has 0 fully saturated rings. The van der Waals surface area contributed by atoms with Gasteiger partial charge in [0.15, 0.2) is 0 Å². The van der Waals surface area contributed by atoms with Gasteiger partial charge in [-0.3, -0.25) is 4.79 Å². The second kappa shape index (κ2) is 4.54. The number of hydrogen-bond donors (Lipinski definition) is 2. The summed E-state index contributed by atoms with van der Waals surface area (Å²) in [7, 11) is 3.22. The molecule has 0 aliphatic carbocycles. The number of ether oxygens (including phenoxy) is 1. The number of likely N-dealkylation sites (N-methyl/N-ethyl adjacent to an activating group) is 1. The van der Waals surface area contributed by atoms with Crippen LogP contribution in [0.3, 0.4) is 0 Å². The third kappa shape index (κ3) is 2.77. The first-order valence-corrected chi connectivity index (χ1v) is 4.41. The Bertz CT molecular complexity index is 366. The second-order valence-electron chi connectivity index (χ2n) is 3.17. The molecule has 0 heterocycles. The van der Waals surface area contributed by atoms with Gasteiger partial charge in [-0.05, 0) is 12.1 Å². The summed E-state index contributed by atoms with van der Waals surface area (Å²) in [5.74, 6) is -0.243. The predicted molar refractivity (Wildman–Crippen MR) is 58.3 cm³/mol. The largest absolute Gasteiger partial charge is 0.497 e. The number of aliphatic carboxylic acids is 1. The number of carbonyl (C=O) groups is 1. The first kappa shape index (κ1) is 11.2. The van der Waals surface area contributed by atoms with Crippen molar-refractivity contribution in [3.8, 4) is 5.75 Å². The van der Waals surface area contributed by atoms with Gasteiger partial charge in [-0.15, -0.1) is 0 Å². The first-order chi connectivity index (χ1) is 7.04. The Kier molecular flexibility index (Phi) is 3.38. The molecule has 0 aliphatic rings. The van der Waals surface area contributed by atoms with Crippen molar-refractivity contribution in [3.63, 3.8) is 0 Å². The topological polar surface area (TPSA) is 75.8 Å². The number of nitrogens with two attached hydrogens (primary N) is 1. The van der Waals surface area contributed by atoms with E-state index in [4.69, 9.17) is 15.6 Å². The van der Waals surface area contributed by atoms with Crippen LogP contribution in [-0.2, 0) is 4.79 Å². The molecule has 5 heteroatoms. The summed E-state index contributed by atoms with van der Waals surface area (Å²) in [5, 5.41) is 8.63. The van der Waals surface area contributed by atoms with Gasteiger partial charge in [-0.2, -0.15) is 0 Å². The number of anilines is 2. The summed E-state index contributed by atoms with van der Waals surface area (Å²) < 4.78 is 5.00. The number of carboxylic acid groups (broad SMARTS) is 1. The molecule has 3 N–H and O–H groups in total. The van der Waals surface area contributed by atoms with E-state index in [-0.39, 0.29) is 6.54 Å². The fourth-order valence-electron chi connectivity index (χ4n) is 1.30. The normalized spacial score (nSPS) is 9.73. The van der Waals surface area contributed by atoms with Crippen LogP contribution in [0.2, 0.25) is 0 Å². The third-order valence-electron chi connectivity index (χ3n) is 2.02. The van der Waals surface area contributed by atoms with E-state index < -0.39 is 5.97 Å². The van der Waals surface area contributed by atoms with Crippen molar-refractivity contribution in [3.05, 3.63) is 18.2 Å². The maximum atomic E-state index is 10.5. The number of nitrogens with zero attached hydrogens (tertiary/aromatic N) is 1. The lowest BCUT2D eigenvalue weighted by atomic mass is 10.2. The molecule has 0 radical (unpaired) electrons. The van der Waals surface area contributed by atoms with Crippen LogP contribution >= 0.6 is 0 Å². The van der Waals surface area contributed by atoms with Crippen molar-refractivity contribution in [1.82, 2.24) is 0 Å². The minimum atomic E-state index is -0.896. The smallest absolute Gasteiger partial charge is 0.323 e. The van der Waals surface area contributed by atoms with E-state index in [9.17, 15) is 4.79 Å². The Labute approximate surface area is 88.1 Å². The molecule has 1 aromatic carbocycles. The van der Waals surface area contributed by atoms with Gasteiger partial charge in [0, 0.05) is 13.1 Å². The highest BCUT2D eigenvalue weighted by Gasteiger charge is 2.09. The molecule has 0 aliphatic heterocycles. The Morgan fingerprint density at radius 3 is 2.73 bits per heavy atom. The van der Waals surface area contributed by atoms with Crippen molar-refractivity contribution in [2.24, 2.45) is 0 Å². The number of rotatable bonds is 4. The van der Waals surface area contributed by atoms with Gasteiger partial charge in [-0.1, -0.05) is 0 Å². The summed E-state index contributed by atoms with van der Waals surface area (Å²) in [6, 6.07) is 5.13. The number of carboxylic acids is 1. The molecule has 15 heavy (non-hydrogen) atoms. The van der Waals surface area contributed by atoms with Crippen molar-refractivity contribution in [1.29, 1.82) is 0 Å². The number of methoxy groups -OCH3 is 1. The Morgan fingerprint density at radius 2 is 2.27 bits per heavy atom. The maximum absolute atomic E-state index is 10.5. The zero-order chi connectivity index (χ0) is 11.4. The number of hydrogen-bond acceptors (Lipinski definition) is 4. The van der Waals surface area contributed by atoms with E-state index in [2.05, 4.69) is 0 Å². The van der Waals surface area contributed by atoms with E-state index in [1.165, 1.54) is 0 Å². The van der Waals surface area contributed by atoms with E-state index in [1.54, 1.807) is 37.3 Å². The van der Waals surface area contributed by atoms with E-state index in [1.807, 2.05) is 0 Å². The molecule has 0 aromatic heterocycles. The number of benzene rings is 1. The molecule has 82 valence electrons. The molecule has 5 nitrogen and oxygen atoms in total. The van der Waals surface area contributed by atoms with Gasteiger partial charge in [0.2, 0.25) is 0 Å². The third-order valence-corrected chi connectivity index (χ3v) is 2.02. The molecular formula is C10H14N2O3. The first-order valence-electron chi connectivity index (χ1n) is 4.41. The Hall–Kier alpha value is -1.91. The summed E-state index contributed by atoms with van der Waals surface area (Å²) in [6.45, 7) is -0.0868. The quantitative estimate of drug-likeness (QED) is 0.719. The van der Waals surface area contributed by atoms with Crippen LogP contribution in [0.1, 0.15) is 0 Å². The molecule has 0 saturated carbocycles. The molecular weight excluding hydrogens is 196 g/mol. The number of nitrogen functional groups attached to an aromatic ring is 1. The van der Waals surface area contributed by atoms with E-state index in [0.717, 1.165) is 0 Å². The highest BCUT2D eigenvalue weighted by molar-refractivity contribution is 5.77. The minimum Gasteiger partial charge on any atom is -0.497 e. The maximum Gasteiger partial charge on any atom is 0.323 e. The van der Waals surface area contributed by atoms with Crippen LogP contribution in [0.5, 0.6) is 5.75 Å². The summed E-state index contributed by atoms with van der Waals surface area (Å²) in [4.78, 5) is 12.1. The minimum absolute atomic E-state index is 0.0868. The molecule has 0 atom stereocenters. The summed E-state index contributed by atoms with van der Waals surface area (Å²) >= 11 is 0. The zero-order valence-electron chi connectivity index (χ0n) is 8.73. The van der Waals surface area contributed by atoms with Crippen molar-refractivity contribution < 1.29 is 14.6 Å². The Balaban J connectivity index is 2.90. The fourth-order valence-corrected chi connectivity index (χ4v) is 1.30. The molecule has 0 spiro atoms. The van der Waals surface area contributed by atoms with Gasteiger partial charge >= 0.3 is 5.97 Å². The second-order valence-corrected chi connectivity index (χ2v) is 3.17. The molecule has 1 rings (SSSR count). The zero-order valence-corrected chi connectivity index (χ0v) is 8.73. The van der Waals surface area contributed by atoms with Crippen molar-refractivity contribution in [2.75, 3.05) is 31.3 Å². The molecule has 0 amide bonds. The standard InChI is InChI=1S/C10H14N2O3/c1-12(6-10(13)14)9-4-3-7(15-2)5-8(9)11/h3-5H,6,11H2,1-2H3,(H,13,14). The fraction of sp³-hybridized carbons (Fsp3) is 0.300. The van der Waals surface area contributed by atoms with Crippen LogP contribution in [-0.4, -0.2) is 31.8 Å². The molecule has 1 aromatic rings. The van der Waals surface area contributed by atoms with Crippen molar-refractivity contribution in [2.45, 2.75) is 0 Å². The molecule has 0 unspecified atom stereocenters. The van der Waals surface area contributed by atoms with Crippen LogP contribution in [0.15, 0.2) is 18.2 Å². The lowest BCUT2D eigenvalue weighted by molar-refractivity contribution is -0.135. The van der Waals surface area contributed by atoms with Gasteiger partial charge in [0.25, 0.3) is 0 Å². The van der Waals surface area contributed by atoms with Gasteiger partial charge in [-0.25, -0.2) is 0 Å². The van der Waals surface area contributed by atoms with Crippen molar-refractivity contribution >= 4 is 17.3 Å². The molecule has 0 saturated heterocycles. The average molecular weight is 210 g/mol. The highest BCUT2D eigenvalue weighted by Crippen LogP contribution is 2.26. The van der Waals surface area contributed by atoms with Gasteiger partial charge in [0.1, 0.15) is 12.3 Å². The monoisotopic (exact) mass is 210 g/mol. The van der Waals surface area contributed by atoms with Gasteiger partial charge < -0.3 is 20.5 Å². The predicted octanol–water partition coefficient (Wildman–Crippen LogP) is 0.798. The molecule has 0 bridgehead atoms. The van der Waals surface area contributed by atoms with Crippen LogP contribution < -0.4 is 15.4 Å². The average Bonchev–Trinajstić information content (AvgIpc) is 2.16. The summed E-state index contributed by atoms with van der Waals surface area (Å²) in [6.07, 6.45) is 0. The Morgan fingerprint density at radius 1 is 1.60 bits per heavy atom. The van der Waals surface area contributed by atoms with Crippen LogP contribution in [0.25, 0.3) is 0 Å². The van der Waals surface area contributed by atoms with Gasteiger partial charge in [0.05, 0.1) is 18.5 Å². The van der Waals surface area contributed by atoms with Crippen LogP contribution in [0, 0.1) is 0 Å². The highest BCUT2D eigenvalue weighted by atomic mass is 16.5. The van der Waals surface area contributed by atoms with E-state index >= 15 is 0 Å². The lowest BCUT2D eigenvalue weighted by Crippen LogP contribution is -2.25. The van der Waals surface area contributed by atoms with Crippen LogP contribution in [0.4, 0.5) is 11.4 Å². The SMILES string of the molecule is COc1ccc(N(C)CC(=O)O)c(N)c1.